The van der Waals surface area contributed by atoms with Crippen LogP contribution >= 0.6 is 15.9 Å². The number of rotatable bonds is 6. The van der Waals surface area contributed by atoms with E-state index >= 15 is 0 Å². The van der Waals surface area contributed by atoms with Crippen LogP contribution in [0.1, 0.15) is 39.7 Å². The van der Waals surface area contributed by atoms with Crippen molar-refractivity contribution in [3.8, 4) is 11.5 Å². The van der Waals surface area contributed by atoms with Crippen molar-refractivity contribution in [1.29, 1.82) is 0 Å². The number of ether oxygens (including phenoxy) is 1. The van der Waals surface area contributed by atoms with Gasteiger partial charge in [0.15, 0.2) is 16.9 Å². The Labute approximate surface area is 194 Å². The number of amides is 1. The number of carbonyl (C=O) groups is 1. The number of aromatic hydroxyl groups is 1. The standard InChI is InChI=1S/C24H25BrN2O5/c1-13-6-7-17-15(10-13)21(28)19-20(14-11-16(25)22(29)18(12-14)31-4)27(9-5-8-26(2)3)24(30)23(19)32-17/h6-7,10-12,20,29H,5,8-9H2,1-4H3. The maximum absolute atomic E-state index is 13.6. The molecule has 7 nitrogen and oxygen atoms in total. The molecule has 0 bridgehead atoms. The molecule has 168 valence electrons. The largest absolute Gasteiger partial charge is 0.503 e. The van der Waals surface area contributed by atoms with Crippen molar-refractivity contribution >= 4 is 32.8 Å². The fourth-order valence-corrected chi connectivity index (χ4v) is 4.64. The minimum absolute atomic E-state index is 0.0406. The van der Waals surface area contributed by atoms with Crippen molar-refractivity contribution in [2.45, 2.75) is 19.4 Å². The van der Waals surface area contributed by atoms with Gasteiger partial charge in [-0.05, 0) is 79.7 Å². The van der Waals surface area contributed by atoms with Gasteiger partial charge >= 0.3 is 0 Å². The molecule has 1 N–H and O–H groups in total. The fourth-order valence-electron chi connectivity index (χ4n) is 4.18. The number of methoxy groups -OCH3 is 1. The number of hydrogen-bond acceptors (Lipinski definition) is 6. The molecule has 0 saturated heterocycles. The van der Waals surface area contributed by atoms with Crippen LogP contribution < -0.4 is 10.2 Å². The molecular weight excluding hydrogens is 476 g/mol. The minimum atomic E-state index is -0.647. The lowest BCUT2D eigenvalue weighted by molar-refractivity contribution is 0.0722. The number of aryl methyl sites for hydroxylation is 1. The van der Waals surface area contributed by atoms with E-state index in [4.69, 9.17) is 9.15 Å². The van der Waals surface area contributed by atoms with E-state index in [1.807, 2.05) is 32.0 Å². The van der Waals surface area contributed by atoms with E-state index < -0.39 is 6.04 Å². The number of carbonyl (C=O) groups excluding carboxylic acids is 1. The summed E-state index contributed by atoms with van der Waals surface area (Å²) in [5.74, 6) is -0.0264. The Morgan fingerprint density at radius 2 is 1.97 bits per heavy atom. The molecule has 1 atom stereocenters. The molecule has 0 radical (unpaired) electrons. The van der Waals surface area contributed by atoms with Crippen LogP contribution in [0.15, 0.2) is 44.0 Å². The average Bonchev–Trinajstić information content (AvgIpc) is 3.02. The first-order valence-corrected chi connectivity index (χ1v) is 11.1. The molecule has 1 amide bonds. The van der Waals surface area contributed by atoms with Crippen LogP contribution in [0, 0.1) is 6.92 Å². The SMILES string of the molecule is COc1cc(C2c3c(oc4ccc(C)cc4c3=O)C(=O)N2CCCN(C)C)cc(Br)c1O. The zero-order valence-corrected chi connectivity index (χ0v) is 20.0. The third kappa shape index (κ3) is 3.78. The Kier molecular flexibility index (Phi) is 6.01. The molecule has 1 aliphatic heterocycles. The average molecular weight is 501 g/mol. The second-order valence-corrected chi connectivity index (χ2v) is 9.14. The molecule has 3 aromatic rings. The lowest BCUT2D eigenvalue weighted by Crippen LogP contribution is -2.32. The van der Waals surface area contributed by atoms with Crippen LogP contribution in [-0.4, -0.2) is 55.1 Å². The molecular formula is C24H25BrN2O5. The predicted molar refractivity (Wildman–Crippen MR) is 126 cm³/mol. The van der Waals surface area contributed by atoms with Crippen molar-refractivity contribution in [3.63, 3.8) is 0 Å². The van der Waals surface area contributed by atoms with Gasteiger partial charge in [-0.3, -0.25) is 9.59 Å². The highest BCUT2D eigenvalue weighted by Gasteiger charge is 2.43. The lowest BCUT2D eigenvalue weighted by Gasteiger charge is -2.26. The highest BCUT2D eigenvalue weighted by molar-refractivity contribution is 9.10. The maximum Gasteiger partial charge on any atom is 0.290 e. The van der Waals surface area contributed by atoms with Crippen molar-refractivity contribution in [2.75, 3.05) is 34.3 Å². The third-order valence-electron chi connectivity index (χ3n) is 5.71. The molecule has 32 heavy (non-hydrogen) atoms. The molecule has 4 rings (SSSR count). The summed E-state index contributed by atoms with van der Waals surface area (Å²) in [5.41, 5.74) is 2.08. The number of benzene rings is 2. The van der Waals surface area contributed by atoms with E-state index in [9.17, 15) is 14.7 Å². The zero-order chi connectivity index (χ0) is 23.2. The fraction of sp³-hybridized carbons (Fsp3) is 0.333. The smallest absolute Gasteiger partial charge is 0.290 e. The Hall–Kier alpha value is -2.84. The van der Waals surface area contributed by atoms with Gasteiger partial charge in [0.2, 0.25) is 5.76 Å². The summed E-state index contributed by atoms with van der Waals surface area (Å²) in [6, 6.07) is 8.09. The first-order chi connectivity index (χ1) is 15.2. The Bertz CT molecular complexity index is 1270. The highest BCUT2D eigenvalue weighted by atomic mass is 79.9. The summed E-state index contributed by atoms with van der Waals surface area (Å²) in [5, 5.41) is 10.7. The van der Waals surface area contributed by atoms with Gasteiger partial charge in [-0.2, -0.15) is 0 Å². The normalized spacial score (nSPS) is 15.6. The topological polar surface area (TPSA) is 83.2 Å². The van der Waals surface area contributed by atoms with Gasteiger partial charge < -0.3 is 24.1 Å². The number of phenols is 1. The zero-order valence-electron chi connectivity index (χ0n) is 18.4. The van der Waals surface area contributed by atoms with Crippen molar-refractivity contribution in [1.82, 2.24) is 9.80 Å². The lowest BCUT2D eigenvalue weighted by atomic mass is 9.97. The summed E-state index contributed by atoms with van der Waals surface area (Å²) in [6.45, 7) is 3.14. The van der Waals surface area contributed by atoms with Gasteiger partial charge in [-0.15, -0.1) is 0 Å². The van der Waals surface area contributed by atoms with Crippen LogP contribution in [0.5, 0.6) is 11.5 Å². The van der Waals surface area contributed by atoms with E-state index in [1.54, 1.807) is 29.2 Å². The van der Waals surface area contributed by atoms with Crippen LogP contribution in [-0.2, 0) is 0 Å². The Morgan fingerprint density at radius 3 is 2.66 bits per heavy atom. The molecule has 0 spiro atoms. The van der Waals surface area contributed by atoms with Gasteiger partial charge in [0.1, 0.15) is 5.58 Å². The summed E-state index contributed by atoms with van der Waals surface area (Å²) >= 11 is 3.36. The van der Waals surface area contributed by atoms with Gasteiger partial charge in [0, 0.05) is 6.54 Å². The molecule has 8 heteroatoms. The second kappa shape index (κ2) is 8.60. The Morgan fingerprint density at radius 1 is 1.22 bits per heavy atom. The number of nitrogens with zero attached hydrogens (tertiary/aromatic N) is 2. The van der Waals surface area contributed by atoms with Crippen molar-refractivity contribution in [3.05, 3.63) is 67.5 Å². The summed E-state index contributed by atoms with van der Waals surface area (Å²) in [4.78, 5) is 30.7. The molecule has 1 unspecified atom stereocenters. The van der Waals surface area contributed by atoms with E-state index in [1.165, 1.54) is 7.11 Å². The highest BCUT2D eigenvalue weighted by Crippen LogP contribution is 2.43. The predicted octanol–water partition coefficient (Wildman–Crippen LogP) is 4.08. The summed E-state index contributed by atoms with van der Waals surface area (Å²) in [6.07, 6.45) is 0.729. The number of halogens is 1. The molecule has 2 heterocycles. The van der Waals surface area contributed by atoms with Crippen LogP contribution in [0.4, 0.5) is 0 Å². The third-order valence-corrected chi connectivity index (χ3v) is 6.32. The first kappa shape index (κ1) is 22.4. The first-order valence-electron chi connectivity index (χ1n) is 10.3. The molecule has 0 saturated carbocycles. The second-order valence-electron chi connectivity index (χ2n) is 8.29. The van der Waals surface area contributed by atoms with Crippen LogP contribution in [0.2, 0.25) is 0 Å². The summed E-state index contributed by atoms with van der Waals surface area (Å²) < 4.78 is 11.7. The molecule has 1 aliphatic rings. The number of hydrogen-bond donors (Lipinski definition) is 1. The number of phenolic OH excluding ortho intramolecular Hbond substituents is 1. The van der Waals surface area contributed by atoms with Gasteiger partial charge in [0.05, 0.1) is 28.6 Å². The Balaban J connectivity index is 1.93. The summed E-state index contributed by atoms with van der Waals surface area (Å²) in [7, 11) is 5.40. The molecule has 2 aromatic carbocycles. The van der Waals surface area contributed by atoms with E-state index in [0.717, 1.165) is 18.5 Å². The molecule has 0 aliphatic carbocycles. The minimum Gasteiger partial charge on any atom is -0.503 e. The van der Waals surface area contributed by atoms with Crippen molar-refractivity contribution < 1.29 is 19.1 Å². The van der Waals surface area contributed by atoms with Gasteiger partial charge in [0.25, 0.3) is 5.91 Å². The quantitative estimate of drug-likeness (QED) is 0.549. The van der Waals surface area contributed by atoms with Gasteiger partial charge in [-0.25, -0.2) is 0 Å². The van der Waals surface area contributed by atoms with Crippen LogP contribution in [0.25, 0.3) is 11.0 Å². The van der Waals surface area contributed by atoms with Gasteiger partial charge in [-0.1, -0.05) is 11.6 Å². The molecule has 0 fully saturated rings. The van der Waals surface area contributed by atoms with E-state index in [2.05, 4.69) is 15.9 Å². The molecule has 1 aromatic heterocycles. The van der Waals surface area contributed by atoms with E-state index in [-0.39, 0.29) is 28.6 Å². The number of fused-ring (bicyclic) bond motifs is 2. The van der Waals surface area contributed by atoms with Crippen molar-refractivity contribution in [2.24, 2.45) is 0 Å². The monoisotopic (exact) mass is 500 g/mol. The van der Waals surface area contributed by atoms with E-state index in [0.29, 0.717) is 33.1 Å². The van der Waals surface area contributed by atoms with Crippen LogP contribution in [0.3, 0.4) is 0 Å². The maximum atomic E-state index is 13.6.